The Morgan fingerprint density at radius 3 is 2.86 bits per heavy atom. The first-order valence-corrected chi connectivity index (χ1v) is 9.64. The zero-order chi connectivity index (χ0) is 19.3. The van der Waals surface area contributed by atoms with E-state index in [4.69, 9.17) is 4.74 Å². The molecule has 29 heavy (non-hydrogen) atoms. The van der Waals surface area contributed by atoms with Crippen molar-refractivity contribution in [2.75, 3.05) is 31.6 Å². The highest BCUT2D eigenvalue weighted by Gasteiger charge is 2.30. The van der Waals surface area contributed by atoms with Crippen molar-refractivity contribution in [3.05, 3.63) is 54.4 Å². The summed E-state index contributed by atoms with van der Waals surface area (Å²) in [5, 5.41) is 6.22. The lowest BCUT2D eigenvalue weighted by Crippen LogP contribution is -2.50. The molecular weight excluding hydrogens is 392 g/mol. The maximum Gasteiger partial charge on any atom is 0.261 e. The van der Waals surface area contributed by atoms with E-state index in [-0.39, 0.29) is 42.8 Å². The fraction of sp³-hybridized carbons (Fsp3) is 0.381. The van der Waals surface area contributed by atoms with Crippen molar-refractivity contribution in [2.24, 2.45) is 5.92 Å². The number of anilines is 1. The molecule has 1 saturated carbocycles. The lowest BCUT2D eigenvalue weighted by Gasteiger charge is -2.36. The number of aromatic nitrogens is 1. The third-order valence-corrected chi connectivity index (χ3v) is 5.04. The van der Waals surface area contributed by atoms with Crippen LogP contribution in [0.4, 0.5) is 5.69 Å². The van der Waals surface area contributed by atoms with Gasteiger partial charge in [-0.1, -0.05) is 12.1 Å². The Morgan fingerprint density at radius 2 is 2.10 bits per heavy atom. The number of benzene rings is 1. The molecule has 2 fully saturated rings. The first-order chi connectivity index (χ1) is 13.7. The summed E-state index contributed by atoms with van der Waals surface area (Å²) in [4.78, 5) is 30.7. The lowest BCUT2D eigenvalue weighted by atomic mass is 10.1. The fourth-order valence-electron chi connectivity index (χ4n) is 3.36. The van der Waals surface area contributed by atoms with E-state index in [1.54, 1.807) is 24.5 Å². The number of halogens is 1. The van der Waals surface area contributed by atoms with Crippen LogP contribution in [0, 0.1) is 5.92 Å². The molecule has 154 valence electrons. The molecule has 0 spiro atoms. The number of nitrogens with one attached hydrogen (secondary N) is 2. The number of carbonyl (C=O) groups is 2. The number of amides is 2. The Labute approximate surface area is 176 Å². The van der Waals surface area contributed by atoms with Crippen LogP contribution >= 0.6 is 12.4 Å². The number of ether oxygens (including phenoxy) is 1. The van der Waals surface area contributed by atoms with Crippen LogP contribution in [0.15, 0.2) is 48.8 Å². The number of hydrogen-bond acceptors (Lipinski definition) is 5. The molecule has 2 aromatic rings. The highest BCUT2D eigenvalue weighted by atomic mass is 35.5. The quantitative estimate of drug-likeness (QED) is 0.755. The van der Waals surface area contributed by atoms with E-state index in [1.165, 1.54) is 0 Å². The molecule has 8 heteroatoms. The van der Waals surface area contributed by atoms with Crippen molar-refractivity contribution in [1.29, 1.82) is 0 Å². The summed E-state index contributed by atoms with van der Waals surface area (Å²) in [7, 11) is 0. The first-order valence-electron chi connectivity index (χ1n) is 9.64. The van der Waals surface area contributed by atoms with Gasteiger partial charge in [0.05, 0.1) is 6.04 Å². The Morgan fingerprint density at radius 1 is 1.24 bits per heavy atom. The lowest BCUT2D eigenvalue weighted by molar-refractivity contribution is -0.136. The van der Waals surface area contributed by atoms with Crippen molar-refractivity contribution in [1.82, 2.24) is 15.2 Å². The van der Waals surface area contributed by atoms with Gasteiger partial charge < -0.3 is 20.3 Å². The highest BCUT2D eigenvalue weighted by molar-refractivity contribution is 5.94. The summed E-state index contributed by atoms with van der Waals surface area (Å²) in [6.07, 6.45) is 5.44. The van der Waals surface area contributed by atoms with Gasteiger partial charge in [0.1, 0.15) is 5.75 Å². The minimum atomic E-state index is -0.0669. The van der Waals surface area contributed by atoms with Crippen molar-refractivity contribution >= 4 is 29.9 Å². The topological polar surface area (TPSA) is 83.6 Å². The van der Waals surface area contributed by atoms with Crippen LogP contribution < -0.4 is 15.4 Å². The normalized spacial score (nSPS) is 18.5. The average molecular weight is 417 g/mol. The Bertz CT molecular complexity index is 845. The predicted octanol–water partition coefficient (Wildman–Crippen LogP) is 2.40. The van der Waals surface area contributed by atoms with Crippen molar-refractivity contribution in [3.63, 3.8) is 0 Å². The van der Waals surface area contributed by atoms with Gasteiger partial charge in [-0.05, 0) is 36.6 Å². The van der Waals surface area contributed by atoms with Gasteiger partial charge in [0.15, 0.2) is 6.61 Å². The third kappa shape index (κ3) is 5.46. The molecule has 1 unspecified atom stereocenters. The summed E-state index contributed by atoms with van der Waals surface area (Å²) in [6.45, 7) is 2.03. The summed E-state index contributed by atoms with van der Waals surface area (Å²) < 4.78 is 5.73. The van der Waals surface area contributed by atoms with Crippen molar-refractivity contribution < 1.29 is 14.3 Å². The zero-order valence-electron chi connectivity index (χ0n) is 16.0. The molecule has 1 aliphatic heterocycles. The molecule has 1 atom stereocenters. The smallest absolute Gasteiger partial charge is 0.261 e. The standard InChI is InChI=1S/C21H24N4O3.ClH/c26-20(25-10-9-23-13-19(25)16-3-2-8-22-12-16)14-28-18-5-1-4-17(11-18)24-21(27)15-6-7-15;/h1-5,8,11-12,15,19,23H,6-7,9-10,13-14H2,(H,24,27);1H. The molecule has 4 rings (SSSR count). The Balaban J connectivity index is 0.00000240. The maximum absolute atomic E-state index is 12.8. The fourth-order valence-corrected chi connectivity index (χ4v) is 3.36. The summed E-state index contributed by atoms with van der Waals surface area (Å²) in [5.41, 5.74) is 1.70. The highest BCUT2D eigenvalue weighted by Crippen LogP contribution is 2.30. The molecule has 2 heterocycles. The number of piperazine rings is 1. The van der Waals surface area contributed by atoms with Crippen LogP contribution in [0.25, 0.3) is 0 Å². The van der Waals surface area contributed by atoms with E-state index in [2.05, 4.69) is 15.6 Å². The molecule has 1 saturated heterocycles. The molecule has 1 aliphatic carbocycles. The molecule has 1 aromatic heterocycles. The molecule has 0 bridgehead atoms. The molecule has 2 aliphatic rings. The van der Waals surface area contributed by atoms with Gasteiger partial charge in [-0.15, -0.1) is 12.4 Å². The maximum atomic E-state index is 12.8. The monoisotopic (exact) mass is 416 g/mol. The van der Waals surface area contributed by atoms with Gasteiger partial charge in [0, 0.05) is 49.7 Å². The Kier molecular flexibility index (Phi) is 7.06. The van der Waals surface area contributed by atoms with Gasteiger partial charge in [-0.2, -0.15) is 0 Å². The average Bonchev–Trinajstić information content (AvgIpc) is 3.58. The van der Waals surface area contributed by atoms with E-state index < -0.39 is 0 Å². The van der Waals surface area contributed by atoms with E-state index in [1.807, 2.05) is 29.2 Å². The second-order valence-corrected chi connectivity index (χ2v) is 7.17. The molecule has 2 N–H and O–H groups in total. The van der Waals surface area contributed by atoms with Crippen LogP contribution in [0.3, 0.4) is 0 Å². The second-order valence-electron chi connectivity index (χ2n) is 7.17. The minimum Gasteiger partial charge on any atom is -0.484 e. The SMILES string of the molecule is Cl.O=C(Nc1cccc(OCC(=O)N2CCNCC2c2cccnc2)c1)C1CC1. The van der Waals surface area contributed by atoms with E-state index in [9.17, 15) is 9.59 Å². The van der Waals surface area contributed by atoms with Crippen LogP contribution in [-0.4, -0.2) is 47.9 Å². The van der Waals surface area contributed by atoms with Crippen LogP contribution in [-0.2, 0) is 9.59 Å². The largest absolute Gasteiger partial charge is 0.484 e. The summed E-state index contributed by atoms with van der Waals surface area (Å²) >= 11 is 0. The second kappa shape index (κ2) is 9.71. The molecule has 7 nitrogen and oxygen atoms in total. The van der Waals surface area contributed by atoms with Gasteiger partial charge in [-0.25, -0.2) is 0 Å². The van der Waals surface area contributed by atoms with Crippen LogP contribution in [0.2, 0.25) is 0 Å². The van der Waals surface area contributed by atoms with E-state index in [0.29, 0.717) is 24.5 Å². The van der Waals surface area contributed by atoms with Gasteiger partial charge >= 0.3 is 0 Å². The predicted molar refractivity (Wildman–Crippen MR) is 112 cm³/mol. The summed E-state index contributed by atoms with van der Waals surface area (Å²) in [6, 6.07) is 11.0. The summed E-state index contributed by atoms with van der Waals surface area (Å²) in [5.74, 6) is 0.689. The third-order valence-electron chi connectivity index (χ3n) is 5.04. The van der Waals surface area contributed by atoms with E-state index in [0.717, 1.165) is 24.9 Å². The number of carbonyl (C=O) groups excluding carboxylic acids is 2. The van der Waals surface area contributed by atoms with Gasteiger partial charge in [0.2, 0.25) is 5.91 Å². The number of rotatable bonds is 6. The molecule has 2 amide bonds. The first kappa shape index (κ1) is 21.1. The molecular formula is C21H25ClN4O3. The van der Waals surface area contributed by atoms with Crippen LogP contribution in [0.1, 0.15) is 24.4 Å². The Hall–Kier alpha value is -2.64. The molecule has 1 aromatic carbocycles. The molecule has 0 radical (unpaired) electrons. The number of nitrogens with zero attached hydrogens (tertiary/aromatic N) is 2. The minimum absolute atomic E-state index is 0. The zero-order valence-corrected chi connectivity index (χ0v) is 16.9. The van der Waals surface area contributed by atoms with Crippen LogP contribution in [0.5, 0.6) is 5.75 Å². The van der Waals surface area contributed by atoms with Crippen molar-refractivity contribution in [2.45, 2.75) is 18.9 Å². The van der Waals surface area contributed by atoms with E-state index >= 15 is 0 Å². The number of pyridine rings is 1. The number of hydrogen-bond donors (Lipinski definition) is 2. The van der Waals surface area contributed by atoms with Crippen molar-refractivity contribution in [3.8, 4) is 5.75 Å². The van der Waals surface area contributed by atoms with Gasteiger partial charge in [-0.3, -0.25) is 14.6 Å². The van der Waals surface area contributed by atoms with Gasteiger partial charge in [0.25, 0.3) is 5.91 Å².